The molecule has 1 atom stereocenters. The van der Waals surface area contributed by atoms with Crippen LogP contribution in [-0.2, 0) is 4.79 Å². The summed E-state index contributed by atoms with van der Waals surface area (Å²) in [6, 6.07) is 7.34. The lowest BCUT2D eigenvalue weighted by Gasteiger charge is -2.16. The molecule has 0 aliphatic rings. The quantitative estimate of drug-likeness (QED) is 0.434. The first-order valence-corrected chi connectivity index (χ1v) is 9.10. The van der Waals surface area contributed by atoms with Gasteiger partial charge < -0.3 is 14.6 Å². The van der Waals surface area contributed by atoms with Gasteiger partial charge in [-0.25, -0.2) is 9.97 Å². The van der Waals surface area contributed by atoms with Crippen LogP contribution < -0.4 is 9.84 Å². The second kappa shape index (κ2) is 8.13. The van der Waals surface area contributed by atoms with Crippen LogP contribution in [0, 0.1) is 0 Å². The van der Waals surface area contributed by atoms with E-state index in [4.69, 9.17) is 4.74 Å². The van der Waals surface area contributed by atoms with Gasteiger partial charge in [-0.3, -0.25) is 0 Å². The van der Waals surface area contributed by atoms with Crippen LogP contribution >= 0.6 is 11.8 Å². The Morgan fingerprint density at radius 3 is 2.96 bits per heavy atom. The number of aromatic nitrogens is 5. The number of unbranched alkanes of at least 4 members (excludes halogenated alkanes) is 1. The van der Waals surface area contributed by atoms with Crippen molar-refractivity contribution in [3.05, 3.63) is 30.6 Å². The minimum atomic E-state index is -1.10. The van der Waals surface area contributed by atoms with Crippen molar-refractivity contribution in [2.75, 3.05) is 7.11 Å². The topological polar surface area (TPSA) is 106 Å². The number of carboxylic acid groups (broad SMARTS) is 1. The Kier molecular flexibility index (Phi) is 5.67. The minimum Gasteiger partial charge on any atom is -0.549 e. The van der Waals surface area contributed by atoms with Crippen LogP contribution in [-0.4, -0.2) is 43.3 Å². The van der Waals surface area contributed by atoms with Crippen molar-refractivity contribution in [1.82, 2.24) is 25.0 Å². The molecule has 0 bridgehead atoms. The predicted molar refractivity (Wildman–Crippen MR) is 95.2 cm³/mol. The summed E-state index contributed by atoms with van der Waals surface area (Å²) in [4.78, 5) is 19.9. The summed E-state index contributed by atoms with van der Waals surface area (Å²) in [5, 5.41) is 19.5. The smallest absolute Gasteiger partial charge is 0.187 e. The summed E-state index contributed by atoms with van der Waals surface area (Å²) in [5.74, 6) is -0.415. The Morgan fingerprint density at radius 2 is 2.23 bits per heavy atom. The average Bonchev–Trinajstić information content (AvgIpc) is 3.10. The number of thioether (sulfide) groups is 1. The van der Waals surface area contributed by atoms with E-state index in [-0.39, 0.29) is 0 Å². The zero-order chi connectivity index (χ0) is 18.5. The van der Waals surface area contributed by atoms with Crippen molar-refractivity contribution >= 4 is 28.9 Å². The van der Waals surface area contributed by atoms with E-state index in [1.165, 1.54) is 6.33 Å². The SMILES string of the molecule is CCCC[C@H](Sc1ncnc2c1nnn2-c1cccc(OC)c1)C(=O)[O-]. The summed E-state index contributed by atoms with van der Waals surface area (Å²) in [5.41, 5.74) is 1.70. The normalized spacial score (nSPS) is 12.2. The third-order valence-corrected chi connectivity index (χ3v) is 5.07. The number of nitrogens with zero attached hydrogens (tertiary/aromatic N) is 5. The molecule has 0 saturated carbocycles. The van der Waals surface area contributed by atoms with Gasteiger partial charge in [-0.1, -0.05) is 42.8 Å². The molecule has 3 aromatic rings. The van der Waals surface area contributed by atoms with Crippen molar-refractivity contribution < 1.29 is 14.6 Å². The van der Waals surface area contributed by atoms with Crippen molar-refractivity contribution in [2.24, 2.45) is 0 Å². The Bertz CT molecular complexity index is 914. The Labute approximate surface area is 154 Å². The largest absolute Gasteiger partial charge is 0.549 e. The van der Waals surface area contributed by atoms with Gasteiger partial charge in [-0.2, -0.15) is 4.68 Å². The molecule has 26 heavy (non-hydrogen) atoms. The Balaban J connectivity index is 1.96. The zero-order valence-electron chi connectivity index (χ0n) is 14.5. The molecule has 0 aliphatic heterocycles. The zero-order valence-corrected chi connectivity index (χ0v) is 15.3. The fourth-order valence-corrected chi connectivity index (χ4v) is 3.48. The van der Waals surface area contributed by atoms with Gasteiger partial charge in [0, 0.05) is 6.07 Å². The first-order chi connectivity index (χ1) is 12.6. The van der Waals surface area contributed by atoms with Crippen molar-refractivity contribution in [3.63, 3.8) is 0 Å². The molecular formula is C17H18N5O3S-. The molecule has 3 rings (SSSR count). The maximum Gasteiger partial charge on any atom is 0.187 e. The van der Waals surface area contributed by atoms with E-state index < -0.39 is 11.2 Å². The molecule has 0 spiro atoms. The van der Waals surface area contributed by atoms with Crippen LogP contribution in [0.1, 0.15) is 26.2 Å². The fraction of sp³-hybridized carbons (Fsp3) is 0.353. The number of hydrogen-bond acceptors (Lipinski definition) is 8. The standard InChI is InChI=1S/C17H19N5O3S/c1-3-4-8-13(17(23)24)26-16-14-15(18-10-19-16)22(21-20-14)11-6-5-7-12(9-11)25-2/h5-7,9-10,13H,3-4,8H2,1-2H3,(H,23,24)/p-1/t13-/m0/s1. The number of aliphatic carboxylic acids is 1. The lowest BCUT2D eigenvalue weighted by atomic mass is 10.2. The molecule has 0 N–H and O–H groups in total. The van der Waals surface area contributed by atoms with Gasteiger partial charge in [0.1, 0.15) is 17.1 Å². The molecule has 2 heterocycles. The predicted octanol–water partition coefficient (Wildman–Crippen LogP) is 1.62. The molecule has 0 radical (unpaired) electrons. The molecule has 9 heteroatoms. The molecule has 0 fully saturated rings. The number of benzene rings is 1. The van der Waals surface area contributed by atoms with Crippen LogP contribution in [0.25, 0.3) is 16.9 Å². The third kappa shape index (κ3) is 3.77. The third-order valence-electron chi connectivity index (χ3n) is 3.84. The molecular weight excluding hydrogens is 354 g/mol. The second-order valence-electron chi connectivity index (χ2n) is 5.62. The summed E-state index contributed by atoms with van der Waals surface area (Å²) in [6.07, 6.45) is 3.61. The number of carbonyl (C=O) groups is 1. The Hall–Kier alpha value is -2.68. The number of rotatable bonds is 8. The van der Waals surface area contributed by atoms with Crippen molar-refractivity contribution in [3.8, 4) is 11.4 Å². The van der Waals surface area contributed by atoms with Crippen LogP contribution in [0.2, 0.25) is 0 Å². The van der Waals surface area contributed by atoms with Gasteiger partial charge >= 0.3 is 0 Å². The van der Waals surface area contributed by atoms with Crippen LogP contribution in [0.4, 0.5) is 0 Å². The molecule has 8 nitrogen and oxygen atoms in total. The van der Waals surface area contributed by atoms with Gasteiger partial charge in [0.2, 0.25) is 0 Å². The van der Waals surface area contributed by atoms with E-state index in [0.717, 1.165) is 30.3 Å². The highest BCUT2D eigenvalue weighted by atomic mass is 32.2. The van der Waals surface area contributed by atoms with Gasteiger partial charge in [-0.15, -0.1) is 5.10 Å². The highest BCUT2D eigenvalue weighted by Gasteiger charge is 2.18. The van der Waals surface area contributed by atoms with Crippen LogP contribution in [0.3, 0.4) is 0 Å². The van der Waals surface area contributed by atoms with Gasteiger partial charge in [0.15, 0.2) is 11.2 Å². The fourth-order valence-electron chi connectivity index (χ4n) is 2.48. The first kappa shape index (κ1) is 18.1. The van der Waals surface area contributed by atoms with Gasteiger partial charge in [0.05, 0.1) is 24.0 Å². The molecule has 0 unspecified atom stereocenters. The number of methoxy groups -OCH3 is 1. The molecule has 0 saturated heterocycles. The molecule has 136 valence electrons. The lowest BCUT2D eigenvalue weighted by molar-refractivity contribution is -0.304. The summed E-state index contributed by atoms with van der Waals surface area (Å²) >= 11 is 1.13. The van der Waals surface area contributed by atoms with E-state index in [9.17, 15) is 9.90 Å². The van der Waals surface area contributed by atoms with E-state index in [1.54, 1.807) is 11.8 Å². The first-order valence-electron chi connectivity index (χ1n) is 8.22. The maximum atomic E-state index is 11.4. The number of carboxylic acids is 1. The lowest BCUT2D eigenvalue weighted by Crippen LogP contribution is -2.33. The summed E-state index contributed by atoms with van der Waals surface area (Å²) in [6.45, 7) is 2.01. The monoisotopic (exact) mass is 372 g/mol. The summed E-state index contributed by atoms with van der Waals surface area (Å²) in [7, 11) is 1.59. The van der Waals surface area contributed by atoms with E-state index >= 15 is 0 Å². The Morgan fingerprint density at radius 1 is 1.38 bits per heavy atom. The van der Waals surface area contributed by atoms with E-state index in [1.807, 2.05) is 31.2 Å². The number of carbonyl (C=O) groups excluding carboxylic acids is 1. The maximum absolute atomic E-state index is 11.4. The highest BCUT2D eigenvalue weighted by molar-refractivity contribution is 8.00. The van der Waals surface area contributed by atoms with E-state index in [0.29, 0.717) is 28.4 Å². The highest BCUT2D eigenvalue weighted by Crippen LogP contribution is 2.30. The van der Waals surface area contributed by atoms with Crippen molar-refractivity contribution in [1.29, 1.82) is 0 Å². The molecule has 1 aromatic carbocycles. The average molecular weight is 372 g/mol. The second-order valence-corrected chi connectivity index (χ2v) is 6.81. The van der Waals surface area contributed by atoms with Crippen LogP contribution in [0.5, 0.6) is 5.75 Å². The van der Waals surface area contributed by atoms with E-state index in [2.05, 4.69) is 20.3 Å². The van der Waals surface area contributed by atoms with Crippen molar-refractivity contribution in [2.45, 2.75) is 36.5 Å². The number of hydrogen-bond donors (Lipinski definition) is 0. The molecule has 0 amide bonds. The van der Waals surface area contributed by atoms with Gasteiger partial charge in [0.25, 0.3) is 0 Å². The number of ether oxygens (including phenoxy) is 1. The van der Waals surface area contributed by atoms with Gasteiger partial charge in [-0.05, 0) is 18.6 Å². The molecule has 2 aromatic heterocycles. The minimum absolute atomic E-state index is 0.461. The summed E-state index contributed by atoms with van der Waals surface area (Å²) < 4.78 is 6.81. The molecule has 0 aliphatic carbocycles. The number of fused-ring (bicyclic) bond motifs is 1. The van der Waals surface area contributed by atoms with Crippen LogP contribution in [0.15, 0.2) is 35.6 Å².